The van der Waals surface area contributed by atoms with Gasteiger partial charge in [0.2, 0.25) is 76.8 Å². The summed E-state index contributed by atoms with van der Waals surface area (Å²) >= 11 is 1.45. The fourth-order valence-corrected chi connectivity index (χ4v) is 11.5. The molecule has 2 fully saturated rings. The number of rotatable bonds is 42. The smallest absolute Gasteiger partial charge is 0.245 e. The predicted molar refractivity (Wildman–Crippen MR) is 356 cm³/mol. The Morgan fingerprint density at radius 2 is 1.01 bits per heavy atom. The first-order valence-electron chi connectivity index (χ1n) is 32.2. The highest BCUT2D eigenvalue weighted by Crippen LogP contribution is 2.24. The van der Waals surface area contributed by atoms with Crippen molar-refractivity contribution in [2.24, 2.45) is 51.0 Å². The monoisotopic (exact) mass is 1350 g/mol. The number of hydrogen-bond donors (Lipinski definition) is 15. The highest BCUT2D eigenvalue weighted by molar-refractivity contribution is 7.98. The van der Waals surface area contributed by atoms with E-state index in [2.05, 4.69) is 47.5 Å². The molecular weight excluding hydrogens is 1250 g/mol. The van der Waals surface area contributed by atoms with E-state index in [9.17, 15) is 62.3 Å². The molecule has 0 unspecified atom stereocenters. The number of aliphatic imine (C=N–C) groups is 1. The maximum atomic E-state index is 14.7. The van der Waals surface area contributed by atoms with Gasteiger partial charge in [-0.2, -0.15) is 11.8 Å². The molecule has 0 bridgehead atoms. The van der Waals surface area contributed by atoms with Crippen molar-refractivity contribution in [2.75, 3.05) is 44.7 Å². The maximum Gasteiger partial charge on any atom is 0.245 e. The SMILES string of the molecule is CSCC[C@H](NC(=O)[C@@H](CC(C)C)NC(=O)CNC(=O)[C@@H](Cc1ccccc1)NC(=O)[C@@H](Cc1ccccc1)NC(=O)[C@H](CCC(N)=O)NC(=O)[C@@H](CCC(N)=O)NC(=O)[C@H]1CCCN1C(=O)[C@@H](CCCCN)NC(=O)[C@H]1CCCN1C(=O)[C@H](N)CCCN=C(N)N)C(N)=O. The summed E-state index contributed by atoms with van der Waals surface area (Å²) < 4.78 is 0. The zero-order valence-electron chi connectivity index (χ0n) is 54.5. The van der Waals surface area contributed by atoms with Gasteiger partial charge in [0.1, 0.15) is 54.4 Å². The van der Waals surface area contributed by atoms with Crippen LogP contribution in [-0.4, -0.2) is 198 Å². The number of primary amides is 3. The molecule has 13 amide bonds. The second-order valence-electron chi connectivity index (χ2n) is 24.1. The number of likely N-dealkylation sites (tertiary alicyclic amines) is 2. The number of carbonyl (C=O) groups excluding carboxylic acids is 13. The second-order valence-corrected chi connectivity index (χ2v) is 25.1. The fraction of sp³-hybridized carbons (Fsp3) is 0.587. The Labute approximate surface area is 558 Å². The van der Waals surface area contributed by atoms with Crippen molar-refractivity contribution in [3.05, 3.63) is 71.8 Å². The Bertz CT molecular complexity index is 2960. The molecule has 2 heterocycles. The van der Waals surface area contributed by atoms with Gasteiger partial charge < -0.3 is 92.5 Å². The first kappa shape index (κ1) is 78.5. The number of hydrogen-bond acceptors (Lipinski definition) is 17. The minimum Gasteiger partial charge on any atom is -0.370 e. The Hall–Kier alpha value is -8.91. The summed E-state index contributed by atoms with van der Waals surface area (Å²) in [7, 11) is 0. The van der Waals surface area contributed by atoms with Crippen LogP contribution in [0, 0.1) is 5.92 Å². The van der Waals surface area contributed by atoms with E-state index in [1.807, 2.05) is 20.1 Å². The van der Waals surface area contributed by atoms with Crippen molar-refractivity contribution in [1.29, 1.82) is 0 Å². The van der Waals surface area contributed by atoms with Crippen LogP contribution in [0.2, 0.25) is 0 Å². The zero-order valence-corrected chi connectivity index (χ0v) is 55.3. The van der Waals surface area contributed by atoms with Crippen LogP contribution in [0.3, 0.4) is 0 Å². The molecule has 0 radical (unpaired) electrons. The van der Waals surface area contributed by atoms with E-state index in [0.717, 1.165) is 0 Å². The van der Waals surface area contributed by atoms with Gasteiger partial charge in [0, 0.05) is 45.3 Å². The van der Waals surface area contributed by atoms with Crippen molar-refractivity contribution in [3.8, 4) is 0 Å². The Morgan fingerprint density at radius 1 is 0.537 bits per heavy atom. The zero-order chi connectivity index (χ0) is 70.1. The topological polar surface area (TPSA) is 519 Å². The van der Waals surface area contributed by atoms with E-state index in [1.54, 1.807) is 60.7 Å². The fourth-order valence-electron chi connectivity index (χ4n) is 11.0. The van der Waals surface area contributed by atoms with Gasteiger partial charge in [-0.15, -0.1) is 0 Å². The summed E-state index contributed by atoms with van der Waals surface area (Å²) in [5, 5.41) is 21.1. The van der Waals surface area contributed by atoms with Gasteiger partial charge in [-0.1, -0.05) is 74.5 Å². The third-order valence-electron chi connectivity index (χ3n) is 16.0. The number of benzene rings is 2. The minimum absolute atomic E-state index is 0.0736. The Balaban J connectivity index is 1.56. The summed E-state index contributed by atoms with van der Waals surface area (Å²) in [6, 6.07) is 4.51. The van der Waals surface area contributed by atoms with E-state index >= 15 is 0 Å². The molecule has 0 spiro atoms. The molecule has 95 heavy (non-hydrogen) atoms. The number of nitrogens with zero attached hydrogens (tertiary/aromatic N) is 3. The molecule has 32 heteroatoms. The number of unbranched alkanes of at least 4 members (excludes halogenated alkanes) is 1. The number of guanidine groups is 1. The van der Waals surface area contributed by atoms with Crippen molar-refractivity contribution >= 4 is 94.5 Å². The van der Waals surface area contributed by atoms with Gasteiger partial charge in [0.15, 0.2) is 5.96 Å². The lowest BCUT2D eigenvalue weighted by Crippen LogP contribution is -2.60. The number of carbonyl (C=O) groups is 13. The van der Waals surface area contributed by atoms with E-state index in [1.165, 1.54) is 21.6 Å². The molecule has 2 aromatic rings. The summed E-state index contributed by atoms with van der Waals surface area (Å²) in [6.07, 6.45) is 3.12. The van der Waals surface area contributed by atoms with Crippen molar-refractivity contribution in [1.82, 2.24) is 52.3 Å². The lowest BCUT2D eigenvalue weighted by Gasteiger charge is -2.32. The molecule has 2 aromatic carbocycles. The van der Waals surface area contributed by atoms with Crippen LogP contribution in [0.4, 0.5) is 0 Å². The van der Waals surface area contributed by atoms with Crippen LogP contribution < -0.4 is 82.7 Å². The molecule has 31 nitrogen and oxygen atoms in total. The molecule has 2 aliphatic rings. The van der Waals surface area contributed by atoms with Crippen molar-refractivity contribution in [3.63, 3.8) is 0 Å². The summed E-state index contributed by atoms with van der Waals surface area (Å²) in [4.78, 5) is 185. The molecule has 4 rings (SSSR count). The molecule has 524 valence electrons. The highest BCUT2D eigenvalue weighted by Gasteiger charge is 2.42. The molecule has 0 aromatic heterocycles. The second kappa shape index (κ2) is 41.0. The molecule has 0 saturated carbocycles. The average molecular weight is 1350 g/mol. The van der Waals surface area contributed by atoms with Gasteiger partial charge >= 0.3 is 0 Å². The van der Waals surface area contributed by atoms with Crippen molar-refractivity contribution < 1.29 is 62.3 Å². The summed E-state index contributed by atoms with van der Waals surface area (Å²) in [5.41, 5.74) is 40.6. The lowest BCUT2D eigenvalue weighted by molar-refractivity contribution is -0.144. The average Bonchev–Trinajstić information content (AvgIpc) is 1.74. The first-order valence-corrected chi connectivity index (χ1v) is 33.6. The van der Waals surface area contributed by atoms with Gasteiger partial charge in [0.05, 0.1) is 12.6 Å². The Morgan fingerprint density at radius 3 is 1.51 bits per heavy atom. The number of nitrogens with one attached hydrogen (secondary N) is 8. The van der Waals surface area contributed by atoms with Crippen LogP contribution in [0.5, 0.6) is 0 Å². The van der Waals surface area contributed by atoms with Crippen molar-refractivity contribution in [2.45, 2.75) is 183 Å². The normalized spacial score (nSPS) is 16.8. The van der Waals surface area contributed by atoms with E-state index < -0.39 is 169 Å². The van der Waals surface area contributed by atoms with E-state index in [-0.39, 0.29) is 83.0 Å². The first-order chi connectivity index (χ1) is 45.2. The number of thioether (sulfide) groups is 1. The number of amides is 13. The highest BCUT2D eigenvalue weighted by atomic mass is 32.2. The van der Waals surface area contributed by atoms with Gasteiger partial charge in [-0.05, 0) is 119 Å². The lowest BCUT2D eigenvalue weighted by atomic mass is 10.0. The largest absolute Gasteiger partial charge is 0.370 e. The van der Waals surface area contributed by atoms with Gasteiger partial charge in [0.25, 0.3) is 0 Å². The molecule has 0 aliphatic carbocycles. The third kappa shape index (κ3) is 27.5. The van der Waals surface area contributed by atoms with Crippen LogP contribution >= 0.6 is 11.8 Å². The van der Waals surface area contributed by atoms with Crippen LogP contribution in [0.25, 0.3) is 0 Å². The van der Waals surface area contributed by atoms with Crippen LogP contribution in [0.1, 0.15) is 121 Å². The minimum atomic E-state index is -1.64. The van der Waals surface area contributed by atoms with Crippen LogP contribution in [-0.2, 0) is 75.2 Å². The van der Waals surface area contributed by atoms with Crippen LogP contribution in [0.15, 0.2) is 65.7 Å². The molecule has 10 atom stereocenters. The molecule has 2 aliphatic heterocycles. The van der Waals surface area contributed by atoms with Gasteiger partial charge in [-0.25, -0.2) is 0 Å². The molecule has 2 saturated heterocycles. The third-order valence-corrected chi connectivity index (χ3v) is 16.7. The molecular formula is C63H98N18O13S. The number of nitrogens with two attached hydrogens (primary N) is 7. The molecule has 22 N–H and O–H groups in total. The summed E-state index contributed by atoms with van der Waals surface area (Å²) in [6.45, 7) is 3.86. The Kier molecular flexibility index (Phi) is 33.9. The standard InChI is InChI=1S/C63H98N18O13S/c1-37(2)33-45(57(89)74-41(53(68)85)27-32-95-3)73-52(84)36-72-54(86)46(34-38-15-6-4-7-16-38)78-58(90)47(35-39-17-8-5-9-18-39)79-56(88)42(23-25-50(66)82)75-55(87)43(24-26-51(67)83)76-59(91)49-22-14-31-81(49)62(94)44(20-10-11-28-64)77-60(92)48-21-13-30-80(48)61(93)40(65)19-12-29-71-63(69)70/h4-9,15-18,37,40-49H,10-14,19-36,64-65H2,1-3H3,(H2,66,82)(H2,67,83)(H2,68,85)(H,72,86)(H,73,84)(H,74,89)(H,75,87)(H,76,91)(H,77,92)(H,78,90)(H,79,88)(H4,69,70,71)/t40-,41+,42+,43-,44-,45-,46-,47-,48-,49-/m1/s1. The van der Waals surface area contributed by atoms with Gasteiger partial charge in [-0.3, -0.25) is 67.3 Å². The summed E-state index contributed by atoms with van der Waals surface area (Å²) in [5.74, 6) is -9.80. The van der Waals surface area contributed by atoms with E-state index in [0.29, 0.717) is 55.4 Å². The quantitative estimate of drug-likeness (QED) is 0.0173. The predicted octanol–water partition coefficient (Wildman–Crippen LogP) is -3.71. The maximum absolute atomic E-state index is 14.7. The van der Waals surface area contributed by atoms with E-state index in [4.69, 9.17) is 40.1 Å².